The van der Waals surface area contributed by atoms with E-state index in [1.807, 2.05) is 0 Å². The Balaban J connectivity index is 2.21. The van der Waals surface area contributed by atoms with E-state index < -0.39 is 0 Å². The first-order chi connectivity index (χ1) is 9.21. The second-order valence-electron chi connectivity index (χ2n) is 5.35. The van der Waals surface area contributed by atoms with Crippen LogP contribution in [0.4, 0.5) is 0 Å². The molecular formula is C16H26N2O. The van der Waals surface area contributed by atoms with Gasteiger partial charge in [0.2, 0.25) is 0 Å². The van der Waals surface area contributed by atoms with E-state index in [0.717, 1.165) is 31.6 Å². The Morgan fingerprint density at radius 1 is 1.32 bits per heavy atom. The highest BCUT2D eigenvalue weighted by Gasteiger charge is 2.22. The average Bonchev–Trinajstić information content (AvgIpc) is 2.88. The standard InChI is InChI=1S/C16H26N2O/c1-4-14(5-2)18(3)15(11-17)12-6-7-16-13(10-12)8-9-19-16/h6-7,10,14-15H,4-5,8-9,11,17H2,1-3H3. The largest absolute Gasteiger partial charge is 0.493 e. The molecule has 0 saturated heterocycles. The first-order valence-electron chi connectivity index (χ1n) is 7.38. The molecular weight excluding hydrogens is 236 g/mol. The van der Waals surface area contributed by atoms with Crippen LogP contribution >= 0.6 is 0 Å². The van der Waals surface area contributed by atoms with Gasteiger partial charge in [0.25, 0.3) is 0 Å². The van der Waals surface area contributed by atoms with Crippen molar-refractivity contribution in [3.8, 4) is 5.75 Å². The number of likely N-dealkylation sites (N-methyl/N-ethyl adjacent to an activating group) is 1. The molecule has 1 atom stereocenters. The third-order valence-electron chi connectivity index (χ3n) is 4.33. The van der Waals surface area contributed by atoms with Gasteiger partial charge in [0.1, 0.15) is 5.75 Å². The summed E-state index contributed by atoms with van der Waals surface area (Å²) in [5.74, 6) is 1.05. The predicted octanol–water partition coefficient (Wildman–Crippen LogP) is 2.74. The summed E-state index contributed by atoms with van der Waals surface area (Å²) in [4.78, 5) is 2.43. The summed E-state index contributed by atoms with van der Waals surface area (Å²) < 4.78 is 5.57. The zero-order valence-electron chi connectivity index (χ0n) is 12.4. The minimum atomic E-state index is 0.302. The molecule has 106 valence electrons. The lowest BCUT2D eigenvalue weighted by atomic mass is 9.99. The fourth-order valence-electron chi connectivity index (χ4n) is 3.07. The van der Waals surface area contributed by atoms with E-state index in [0.29, 0.717) is 18.6 Å². The summed E-state index contributed by atoms with van der Waals surface area (Å²) in [5, 5.41) is 0. The van der Waals surface area contributed by atoms with Crippen LogP contribution in [0.25, 0.3) is 0 Å². The molecule has 0 amide bonds. The number of ether oxygens (including phenoxy) is 1. The van der Waals surface area contributed by atoms with E-state index in [2.05, 4.69) is 44.0 Å². The first kappa shape index (κ1) is 14.4. The minimum Gasteiger partial charge on any atom is -0.493 e. The molecule has 0 bridgehead atoms. The number of nitrogens with two attached hydrogens (primary N) is 1. The Kier molecular flexibility index (Phi) is 4.83. The Morgan fingerprint density at radius 3 is 2.68 bits per heavy atom. The predicted molar refractivity (Wildman–Crippen MR) is 79.6 cm³/mol. The van der Waals surface area contributed by atoms with E-state index in [4.69, 9.17) is 10.5 Å². The molecule has 3 heteroatoms. The van der Waals surface area contributed by atoms with E-state index in [1.165, 1.54) is 11.1 Å². The van der Waals surface area contributed by atoms with Crippen molar-refractivity contribution >= 4 is 0 Å². The number of nitrogens with zero attached hydrogens (tertiary/aromatic N) is 1. The number of fused-ring (bicyclic) bond motifs is 1. The van der Waals surface area contributed by atoms with Crippen LogP contribution in [0.5, 0.6) is 5.75 Å². The van der Waals surface area contributed by atoms with Crippen molar-refractivity contribution in [1.82, 2.24) is 4.90 Å². The second kappa shape index (κ2) is 6.40. The van der Waals surface area contributed by atoms with Crippen LogP contribution in [0.1, 0.15) is 43.9 Å². The molecule has 1 aliphatic rings. The molecule has 0 saturated carbocycles. The summed E-state index contributed by atoms with van der Waals surface area (Å²) in [6.07, 6.45) is 3.35. The summed E-state index contributed by atoms with van der Waals surface area (Å²) in [5.41, 5.74) is 8.67. The Labute approximate surface area is 116 Å². The third kappa shape index (κ3) is 2.93. The van der Waals surface area contributed by atoms with E-state index in [9.17, 15) is 0 Å². The third-order valence-corrected chi connectivity index (χ3v) is 4.33. The smallest absolute Gasteiger partial charge is 0.122 e. The van der Waals surface area contributed by atoms with Crippen molar-refractivity contribution < 1.29 is 4.74 Å². The molecule has 1 aromatic carbocycles. The zero-order valence-corrected chi connectivity index (χ0v) is 12.4. The van der Waals surface area contributed by atoms with Gasteiger partial charge in [-0.25, -0.2) is 0 Å². The fraction of sp³-hybridized carbons (Fsp3) is 0.625. The van der Waals surface area contributed by atoms with Gasteiger partial charge in [0, 0.05) is 25.0 Å². The molecule has 0 radical (unpaired) electrons. The molecule has 0 spiro atoms. The van der Waals surface area contributed by atoms with Crippen LogP contribution < -0.4 is 10.5 Å². The molecule has 2 N–H and O–H groups in total. The zero-order chi connectivity index (χ0) is 13.8. The molecule has 1 aromatic rings. The van der Waals surface area contributed by atoms with Gasteiger partial charge < -0.3 is 10.5 Å². The van der Waals surface area contributed by atoms with Gasteiger partial charge in [-0.2, -0.15) is 0 Å². The summed E-state index contributed by atoms with van der Waals surface area (Å²) in [6, 6.07) is 7.44. The van der Waals surface area contributed by atoms with E-state index in [-0.39, 0.29) is 0 Å². The summed E-state index contributed by atoms with van der Waals surface area (Å²) >= 11 is 0. The lowest BCUT2D eigenvalue weighted by Crippen LogP contribution is -2.38. The van der Waals surface area contributed by atoms with Crippen molar-refractivity contribution in [2.24, 2.45) is 5.73 Å². The van der Waals surface area contributed by atoms with Crippen molar-refractivity contribution in [3.05, 3.63) is 29.3 Å². The van der Waals surface area contributed by atoms with Crippen molar-refractivity contribution in [2.45, 2.75) is 45.2 Å². The molecule has 0 aromatic heterocycles. The summed E-state index contributed by atoms with van der Waals surface area (Å²) in [6.45, 7) is 5.96. The monoisotopic (exact) mass is 262 g/mol. The maximum atomic E-state index is 6.03. The highest BCUT2D eigenvalue weighted by Crippen LogP contribution is 2.30. The number of hydrogen-bond donors (Lipinski definition) is 1. The van der Waals surface area contributed by atoms with Crippen molar-refractivity contribution in [3.63, 3.8) is 0 Å². The molecule has 1 aliphatic heterocycles. The van der Waals surface area contributed by atoms with Crippen LogP contribution in [0, 0.1) is 0 Å². The van der Waals surface area contributed by atoms with Crippen LogP contribution in [-0.4, -0.2) is 31.1 Å². The number of benzene rings is 1. The highest BCUT2D eigenvalue weighted by molar-refractivity contribution is 5.40. The lowest BCUT2D eigenvalue weighted by Gasteiger charge is -2.34. The molecule has 2 rings (SSSR count). The molecule has 1 unspecified atom stereocenters. The van der Waals surface area contributed by atoms with Gasteiger partial charge >= 0.3 is 0 Å². The highest BCUT2D eigenvalue weighted by atomic mass is 16.5. The summed E-state index contributed by atoms with van der Waals surface area (Å²) in [7, 11) is 2.19. The molecule has 0 aliphatic carbocycles. The van der Waals surface area contributed by atoms with Crippen LogP contribution in [0.2, 0.25) is 0 Å². The van der Waals surface area contributed by atoms with Gasteiger partial charge in [0.15, 0.2) is 0 Å². The van der Waals surface area contributed by atoms with Gasteiger partial charge in [-0.05, 0) is 37.1 Å². The first-order valence-corrected chi connectivity index (χ1v) is 7.38. The van der Waals surface area contributed by atoms with Crippen LogP contribution in [0.3, 0.4) is 0 Å². The lowest BCUT2D eigenvalue weighted by molar-refractivity contribution is 0.167. The molecule has 1 heterocycles. The Hall–Kier alpha value is -1.06. The van der Waals surface area contributed by atoms with Gasteiger partial charge in [-0.1, -0.05) is 26.0 Å². The van der Waals surface area contributed by atoms with Gasteiger partial charge in [-0.15, -0.1) is 0 Å². The molecule has 0 fully saturated rings. The van der Waals surface area contributed by atoms with Gasteiger partial charge in [0.05, 0.1) is 6.61 Å². The average molecular weight is 262 g/mol. The minimum absolute atomic E-state index is 0.302. The SMILES string of the molecule is CCC(CC)N(C)C(CN)c1ccc2c(c1)CCO2. The van der Waals surface area contributed by atoms with Crippen LogP contribution in [0.15, 0.2) is 18.2 Å². The Bertz CT molecular complexity index is 415. The molecule has 3 nitrogen and oxygen atoms in total. The van der Waals surface area contributed by atoms with Crippen molar-refractivity contribution in [1.29, 1.82) is 0 Å². The maximum Gasteiger partial charge on any atom is 0.122 e. The van der Waals surface area contributed by atoms with Crippen LogP contribution in [-0.2, 0) is 6.42 Å². The molecule has 19 heavy (non-hydrogen) atoms. The normalized spacial score (nSPS) is 15.7. The number of rotatable bonds is 6. The van der Waals surface area contributed by atoms with Gasteiger partial charge in [-0.3, -0.25) is 4.90 Å². The topological polar surface area (TPSA) is 38.5 Å². The second-order valence-corrected chi connectivity index (χ2v) is 5.35. The Morgan fingerprint density at radius 2 is 2.05 bits per heavy atom. The maximum absolute atomic E-state index is 6.03. The van der Waals surface area contributed by atoms with E-state index >= 15 is 0 Å². The number of hydrogen-bond acceptors (Lipinski definition) is 3. The van der Waals surface area contributed by atoms with E-state index in [1.54, 1.807) is 0 Å². The fourth-order valence-corrected chi connectivity index (χ4v) is 3.07. The quantitative estimate of drug-likeness (QED) is 0.856. The van der Waals surface area contributed by atoms with Crippen molar-refractivity contribution in [2.75, 3.05) is 20.2 Å².